The van der Waals surface area contributed by atoms with Gasteiger partial charge in [-0.05, 0) is 40.1 Å². The van der Waals surface area contributed by atoms with Gasteiger partial charge in [0.1, 0.15) is 5.75 Å². The highest BCUT2D eigenvalue weighted by Gasteiger charge is 2.37. The molecule has 1 aromatic rings. The zero-order chi connectivity index (χ0) is 14.0. The second-order valence-electron chi connectivity index (χ2n) is 5.76. The Morgan fingerprint density at radius 1 is 1.42 bits per heavy atom. The van der Waals surface area contributed by atoms with Crippen LogP contribution in [0.1, 0.15) is 37.4 Å². The first-order valence-electron chi connectivity index (χ1n) is 7.14. The highest BCUT2D eigenvalue weighted by atomic mass is 16.5. The van der Waals surface area contributed by atoms with E-state index in [0.717, 1.165) is 25.2 Å². The molecular weight excluding hydrogens is 236 g/mol. The first-order chi connectivity index (χ1) is 9.04. The van der Waals surface area contributed by atoms with Gasteiger partial charge < -0.3 is 15.0 Å². The molecule has 1 N–H and O–H groups in total. The third-order valence-electron chi connectivity index (χ3n) is 4.70. The minimum atomic E-state index is 0.0653. The van der Waals surface area contributed by atoms with E-state index >= 15 is 0 Å². The summed E-state index contributed by atoms with van der Waals surface area (Å²) in [7, 11) is 6.34. The Labute approximate surface area is 116 Å². The molecule has 1 aromatic carbocycles. The molecule has 2 atom stereocenters. The Hall–Kier alpha value is -1.06. The summed E-state index contributed by atoms with van der Waals surface area (Å²) in [4.78, 5) is 2.31. The normalized spacial score (nSPS) is 18.8. The predicted octanol–water partition coefficient (Wildman–Crippen LogP) is 2.61. The standard InChI is InChI=1S/C16H26N2O/c1-6-16(2,18(4)5)15(17-3)13-9-7-8-12-10-11-19-14(12)13/h7-9,15,17H,6,10-11H2,1-5H3. The van der Waals surface area contributed by atoms with E-state index in [4.69, 9.17) is 4.74 Å². The molecule has 0 bridgehead atoms. The van der Waals surface area contributed by atoms with Crippen LogP contribution in [0.15, 0.2) is 18.2 Å². The molecule has 106 valence electrons. The molecule has 1 aliphatic heterocycles. The van der Waals surface area contributed by atoms with Crippen molar-refractivity contribution in [2.24, 2.45) is 0 Å². The van der Waals surface area contributed by atoms with Crippen molar-refractivity contribution in [1.82, 2.24) is 10.2 Å². The van der Waals surface area contributed by atoms with Gasteiger partial charge in [0.15, 0.2) is 0 Å². The summed E-state index contributed by atoms with van der Waals surface area (Å²) in [6.07, 6.45) is 2.11. The van der Waals surface area contributed by atoms with Gasteiger partial charge in [0.2, 0.25) is 0 Å². The maximum atomic E-state index is 5.87. The number of likely N-dealkylation sites (N-methyl/N-ethyl adjacent to an activating group) is 2. The van der Waals surface area contributed by atoms with Gasteiger partial charge in [0, 0.05) is 17.5 Å². The molecule has 0 aromatic heterocycles. The zero-order valence-electron chi connectivity index (χ0n) is 12.8. The monoisotopic (exact) mass is 262 g/mol. The minimum Gasteiger partial charge on any atom is -0.493 e. The van der Waals surface area contributed by atoms with E-state index in [-0.39, 0.29) is 11.6 Å². The molecule has 0 spiro atoms. The van der Waals surface area contributed by atoms with Crippen molar-refractivity contribution in [1.29, 1.82) is 0 Å². The Bertz CT molecular complexity index is 444. The van der Waals surface area contributed by atoms with E-state index in [9.17, 15) is 0 Å². The SMILES string of the molecule is CCC(C)(C(NC)c1cccc2c1OCC2)N(C)C. The molecule has 0 aliphatic carbocycles. The van der Waals surface area contributed by atoms with Gasteiger partial charge in [-0.1, -0.05) is 25.1 Å². The second kappa shape index (κ2) is 5.51. The number of rotatable bonds is 5. The van der Waals surface area contributed by atoms with Gasteiger partial charge in [-0.25, -0.2) is 0 Å². The third-order valence-corrected chi connectivity index (χ3v) is 4.70. The van der Waals surface area contributed by atoms with Crippen LogP contribution in [0.3, 0.4) is 0 Å². The number of ether oxygens (including phenoxy) is 1. The van der Waals surface area contributed by atoms with E-state index in [1.807, 2.05) is 7.05 Å². The number of nitrogens with zero attached hydrogens (tertiary/aromatic N) is 1. The highest BCUT2D eigenvalue weighted by Crippen LogP contribution is 2.40. The molecule has 2 unspecified atom stereocenters. The molecule has 0 amide bonds. The lowest BCUT2D eigenvalue weighted by Gasteiger charge is -2.43. The van der Waals surface area contributed by atoms with Gasteiger partial charge in [0.05, 0.1) is 12.6 Å². The summed E-state index contributed by atoms with van der Waals surface area (Å²) < 4.78 is 5.87. The number of benzene rings is 1. The maximum Gasteiger partial charge on any atom is 0.127 e. The molecule has 3 heteroatoms. The molecule has 1 aliphatic rings. The van der Waals surface area contributed by atoms with E-state index < -0.39 is 0 Å². The smallest absolute Gasteiger partial charge is 0.127 e. The Morgan fingerprint density at radius 2 is 2.16 bits per heavy atom. The molecule has 2 rings (SSSR count). The van der Waals surface area contributed by atoms with Crippen molar-refractivity contribution < 1.29 is 4.74 Å². The van der Waals surface area contributed by atoms with Crippen molar-refractivity contribution in [2.45, 2.75) is 38.3 Å². The summed E-state index contributed by atoms with van der Waals surface area (Å²) >= 11 is 0. The number of nitrogens with one attached hydrogen (secondary N) is 1. The predicted molar refractivity (Wildman–Crippen MR) is 79.8 cm³/mol. The van der Waals surface area contributed by atoms with Crippen LogP contribution in [0.4, 0.5) is 0 Å². The van der Waals surface area contributed by atoms with Crippen molar-refractivity contribution in [3.8, 4) is 5.75 Å². The number of para-hydroxylation sites is 1. The van der Waals surface area contributed by atoms with Crippen LogP contribution in [0.2, 0.25) is 0 Å². The first kappa shape index (κ1) is 14.4. The molecule has 1 heterocycles. The van der Waals surface area contributed by atoms with Crippen LogP contribution in [-0.4, -0.2) is 38.2 Å². The fraction of sp³-hybridized carbons (Fsp3) is 0.625. The number of hydrogen-bond acceptors (Lipinski definition) is 3. The van der Waals surface area contributed by atoms with Gasteiger partial charge in [0.25, 0.3) is 0 Å². The first-order valence-corrected chi connectivity index (χ1v) is 7.14. The van der Waals surface area contributed by atoms with Gasteiger partial charge >= 0.3 is 0 Å². The molecule has 19 heavy (non-hydrogen) atoms. The number of hydrogen-bond donors (Lipinski definition) is 1. The summed E-state index contributed by atoms with van der Waals surface area (Å²) in [5.41, 5.74) is 2.70. The van der Waals surface area contributed by atoms with Crippen molar-refractivity contribution in [3.05, 3.63) is 29.3 Å². The van der Waals surface area contributed by atoms with E-state index in [1.54, 1.807) is 0 Å². The zero-order valence-corrected chi connectivity index (χ0v) is 12.8. The lowest BCUT2D eigenvalue weighted by Crippen LogP contribution is -2.50. The lowest BCUT2D eigenvalue weighted by atomic mass is 9.82. The van der Waals surface area contributed by atoms with Crippen LogP contribution in [0.5, 0.6) is 5.75 Å². The van der Waals surface area contributed by atoms with Crippen LogP contribution in [-0.2, 0) is 6.42 Å². The van der Waals surface area contributed by atoms with Gasteiger partial charge in [-0.3, -0.25) is 0 Å². The fourth-order valence-corrected chi connectivity index (χ4v) is 3.05. The molecular formula is C16H26N2O. The van der Waals surface area contributed by atoms with Gasteiger partial charge in [-0.15, -0.1) is 0 Å². The topological polar surface area (TPSA) is 24.5 Å². The molecule has 0 saturated heterocycles. The summed E-state index contributed by atoms with van der Waals surface area (Å²) in [6, 6.07) is 6.79. The van der Waals surface area contributed by atoms with Crippen LogP contribution in [0.25, 0.3) is 0 Å². The van der Waals surface area contributed by atoms with Gasteiger partial charge in [-0.2, -0.15) is 0 Å². The van der Waals surface area contributed by atoms with E-state index in [0.29, 0.717) is 0 Å². The fourth-order valence-electron chi connectivity index (χ4n) is 3.05. The average Bonchev–Trinajstić information content (AvgIpc) is 2.88. The Kier molecular flexibility index (Phi) is 4.16. The van der Waals surface area contributed by atoms with Crippen molar-refractivity contribution in [2.75, 3.05) is 27.7 Å². The quantitative estimate of drug-likeness (QED) is 0.883. The van der Waals surface area contributed by atoms with Crippen LogP contribution < -0.4 is 10.1 Å². The van der Waals surface area contributed by atoms with Crippen LogP contribution >= 0.6 is 0 Å². The highest BCUT2D eigenvalue weighted by molar-refractivity contribution is 5.46. The van der Waals surface area contributed by atoms with E-state index in [1.165, 1.54) is 11.1 Å². The third kappa shape index (κ3) is 2.37. The summed E-state index contributed by atoms with van der Waals surface area (Å²) in [5.74, 6) is 1.10. The number of fused-ring (bicyclic) bond motifs is 1. The maximum absolute atomic E-state index is 5.87. The Balaban J connectivity index is 2.46. The molecule has 3 nitrogen and oxygen atoms in total. The molecule has 0 saturated carbocycles. The van der Waals surface area contributed by atoms with Crippen LogP contribution in [0, 0.1) is 0 Å². The average molecular weight is 262 g/mol. The minimum absolute atomic E-state index is 0.0653. The van der Waals surface area contributed by atoms with E-state index in [2.05, 4.69) is 56.4 Å². The Morgan fingerprint density at radius 3 is 2.74 bits per heavy atom. The van der Waals surface area contributed by atoms with Crippen molar-refractivity contribution in [3.63, 3.8) is 0 Å². The van der Waals surface area contributed by atoms with Crippen molar-refractivity contribution >= 4 is 0 Å². The second-order valence-corrected chi connectivity index (χ2v) is 5.76. The molecule has 0 radical (unpaired) electrons. The summed E-state index contributed by atoms with van der Waals surface area (Å²) in [5, 5.41) is 3.50. The molecule has 0 fully saturated rings. The lowest BCUT2D eigenvalue weighted by molar-refractivity contribution is 0.115. The largest absolute Gasteiger partial charge is 0.493 e. The summed E-state index contributed by atoms with van der Waals surface area (Å²) in [6.45, 7) is 5.37.